The maximum absolute atomic E-state index is 12.7. The highest BCUT2D eigenvalue weighted by atomic mass is 16.5. The monoisotopic (exact) mass is 375 g/mol. The van der Waals surface area contributed by atoms with Gasteiger partial charge in [-0.3, -0.25) is 14.5 Å². The molecule has 1 aromatic rings. The molecule has 0 aliphatic carbocycles. The summed E-state index contributed by atoms with van der Waals surface area (Å²) >= 11 is 0. The first-order valence-corrected chi connectivity index (χ1v) is 9.64. The molecular weight excluding hydrogens is 346 g/mol. The van der Waals surface area contributed by atoms with Crippen molar-refractivity contribution in [2.45, 2.75) is 31.8 Å². The van der Waals surface area contributed by atoms with Crippen LogP contribution in [0.1, 0.15) is 24.8 Å². The van der Waals surface area contributed by atoms with E-state index in [0.29, 0.717) is 32.7 Å². The second kappa shape index (κ2) is 9.19. The summed E-state index contributed by atoms with van der Waals surface area (Å²) < 4.78 is 5.28. The van der Waals surface area contributed by atoms with Crippen molar-refractivity contribution in [3.63, 3.8) is 0 Å². The normalized spacial score (nSPS) is 21.8. The van der Waals surface area contributed by atoms with Gasteiger partial charge in [0, 0.05) is 39.3 Å². The van der Waals surface area contributed by atoms with E-state index in [1.54, 1.807) is 7.11 Å². The third-order valence-corrected chi connectivity index (χ3v) is 5.55. The number of amides is 2. The average molecular weight is 375 g/mol. The van der Waals surface area contributed by atoms with Crippen molar-refractivity contribution in [3.05, 3.63) is 29.8 Å². The number of carbonyl (C=O) groups is 2. The maximum Gasteiger partial charge on any atom is 0.237 e. The van der Waals surface area contributed by atoms with E-state index in [1.165, 1.54) is 0 Å². The van der Waals surface area contributed by atoms with Crippen molar-refractivity contribution in [1.29, 1.82) is 0 Å². The topological polar surface area (TPSA) is 82.1 Å². The molecule has 7 heteroatoms. The molecule has 2 aliphatic heterocycles. The number of methoxy groups -OCH3 is 1. The van der Waals surface area contributed by atoms with Crippen LogP contribution in [0.15, 0.2) is 24.3 Å². The first-order valence-electron chi connectivity index (χ1n) is 9.64. The molecule has 3 rings (SSSR count). The second-order valence-electron chi connectivity index (χ2n) is 7.34. The van der Waals surface area contributed by atoms with E-state index in [9.17, 15) is 14.7 Å². The smallest absolute Gasteiger partial charge is 0.237 e. The van der Waals surface area contributed by atoms with Crippen LogP contribution in [0.25, 0.3) is 0 Å². The number of likely N-dealkylation sites (tertiary alicyclic amines) is 1. The summed E-state index contributed by atoms with van der Waals surface area (Å²) in [6.45, 7) is 3.42. The Kier molecular flexibility index (Phi) is 6.68. The van der Waals surface area contributed by atoms with Gasteiger partial charge in [-0.15, -0.1) is 0 Å². The first-order chi connectivity index (χ1) is 13.1. The first kappa shape index (κ1) is 19.6. The predicted molar refractivity (Wildman–Crippen MR) is 101 cm³/mol. The Morgan fingerprint density at radius 3 is 2.78 bits per heavy atom. The number of aliphatic hydroxyl groups excluding tert-OH is 1. The van der Waals surface area contributed by atoms with Gasteiger partial charge in [0.25, 0.3) is 0 Å². The zero-order valence-electron chi connectivity index (χ0n) is 15.9. The van der Waals surface area contributed by atoms with E-state index < -0.39 is 6.04 Å². The van der Waals surface area contributed by atoms with Crippen LogP contribution in [0.2, 0.25) is 0 Å². The quantitative estimate of drug-likeness (QED) is 0.762. The SMILES string of the molecule is COc1cccc(CN2CCNC(=O)[C@H]2CC(=O)N2CCC(CO)CC2)c1. The van der Waals surface area contributed by atoms with Crippen LogP contribution in [0.3, 0.4) is 0 Å². The molecule has 2 saturated heterocycles. The number of piperazine rings is 1. The molecule has 1 aromatic carbocycles. The predicted octanol–water partition coefficient (Wildman–Crippen LogP) is 0.617. The highest BCUT2D eigenvalue weighted by molar-refractivity contribution is 5.88. The highest BCUT2D eigenvalue weighted by Crippen LogP contribution is 2.21. The summed E-state index contributed by atoms with van der Waals surface area (Å²) in [7, 11) is 1.63. The zero-order valence-corrected chi connectivity index (χ0v) is 15.9. The average Bonchev–Trinajstić information content (AvgIpc) is 2.70. The molecule has 1 atom stereocenters. The van der Waals surface area contributed by atoms with Crippen molar-refractivity contribution in [2.24, 2.45) is 5.92 Å². The van der Waals surface area contributed by atoms with Crippen LogP contribution in [-0.4, -0.2) is 72.7 Å². The van der Waals surface area contributed by atoms with Gasteiger partial charge in [-0.2, -0.15) is 0 Å². The Labute approximate surface area is 160 Å². The summed E-state index contributed by atoms with van der Waals surface area (Å²) in [4.78, 5) is 29.1. The molecule has 0 bridgehead atoms. The Morgan fingerprint density at radius 1 is 1.30 bits per heavy atom. The van der Waals surface area contributed by atoms with Gasteiger partial charge in [-0.1, -0.05) is 12.1 Å². The number of carbonyl (C=O) groups excluding carboxylic acids is 2. The Hall–Kier alpha value is -2.12. The van der Waals surface area contributed by atoms with Gasteiger partial charge in [-0.25, -0.2) is 0 Å². The lowest BCUT2D eigenvalue weighted by Crippen LogP contribution is -2.56. The Morgan fingerprint density at radius 2 is 2.07 bits per heavy atom. The lowest BCUT2D eigenvalue weighted by molar-refractivity contribution is -0.140. The van der Waals surface area contributed by atoms with E-state index in [0.717, 1.165) is 24.2 Å². The minimum Gasteiger partial charge on any atom is -0.497 e. The fourth-order valence-electron chi connectivity index (χ4n) is 3.84. The lowest BCUT2D eigenvalue weighted by Gasteiger charge is -2.37. The van der Waals surface area contributed by atoms with E-state index in [1.807, 2.05) is 29.2 Å². The number of rotatable bonds is 6. The molecule has 0 unspecified atom stereocenters. The molecule has 2 heterocycles. The number of hydrogen-bond acceptors (Lipinski definition) is 5. The maximum atomic E-state index is 12.7. The van der Waals surface area contributed by atoms with Crippen LogP contribution >= 0.6 is 0 Å². The van der Waals surface area contributed by atoms with Gasteiger partial charge in [0.15, 0.2) is 0 Å². The van der Waals surface area contributed by atoms with E-state index in [2.05, 4.69) is 10.2 Å². The van der Waals surface area contributed by atoms with E-state index in [4.69, 9.17) is 4.74 Å². The summed E-state index contributed by atoms with van der Waals surface area (Å²) in [5.41, 5.74) is 1.06. The fraction of sp³-hybridized carbons (Fsp3) is 0.600. The van der Waals surface area contributed by atoms with Gasteiger partial charge in [-0.05, 0) is 36.5 Å². The van der Waals surface area contributed by atoms with Gasteiger partial charge in [0.1, 0.15) is 5.75 Å². The molecule has 2 aliphatic rings. The second-order valence-corrected chi connectivity index (χ2v) is 7.34. The molecular formula is C20H29N3O4. The number of nitrogens with one attached hydrogen (secondary N) is 1. The molecule has 7 nitrogen and oxygen atoms in total. The molecule has 0 spiro atoms. The molecule has 0 radical (unpaired) electrons. The number of hydrogen-bond donors (Lipinski definition) is 2. The Balaban J connectivity index is 1.63. The van der Waals surface area contributed by atoms with Crippen molar-refractivity contribution in [3.8, 4) is 5.75 Å². The third-order valence-electron chi connectivity index (χ3n) is 5.55. The number of nitrogens with zero attached hydrogens (tertiary/aromatic N) is 2. The van der Waals surface area contributed by atoms with Gasteiger partial charge < -0.3 is 20.1 Å². The third kappa shape index (κ3) is 4.99. The largest absolute Gasteiger partial charge is 0.497 e. The van der Waals surface area contributed by atoms with Crippen LogP contribution in [-0.2, 0) is 16.1 Å². The van der Waals surface area contributed by atoms with Gasteiger partial charge in [0.05, 0.1) is 19.6 Å². The number of ether oxygens (including phenoxy) is 1. The Bertz CT molecular complexity index is 658. The van der Waals surface area contributed by atoms with Crippen LogP contribution in [0.4, 0.5) is 0 Å². The van der Waals surface area contributed by atoms with Crippen molar-refractivity contribution >= 4 is 11.8 Å². The molecule has 0 aromatic heterocycles. The van der Waals surface area contributed by atoms with E-state index >= 15 is 0 Å². The molecule has 0 saturated carbocycles. The van der Waals surface area contributed by atoms with Crippen molar-refractivity contribution in [1.82, 2.24) is 15.1 Å². The minimum atomic E-state index is -0.451. The lowest BCUT2D eigenvalue weighted by atomic mass is 9.97. The van der Waals surface area contributed by atoms with Gasteiger partial charge >= 0.3 is 0 Å². The molecule has 2 amide bonds. The number of benzene rings is 1. The number of aliphatic hydroxyl groups is 1. The fourth-order valence-corrected chi connectivity index (χ4v) is 3.84. The minimum absolute atomic E-state index is 0.0177. The van der Waals surface area contributed by atoms with Crippen LogP contribution < -0.4 is 10.1 Å². The standard InChI is InChI=1S/C20H29N3O4/c1-27-17-4-2-3-16(11-17)13-23-10-7-21-20(26)18(23)12-19(25)22-8-5-15(14-24)6-9-22/h2-4,11,15,18,24H,5-10,12-14H2,1H3,(H,21,26)/t18-/m1/s1. The van der Waals surface area contributed by atoms with Crippen molar-refractivity contribution in [2.75, 3.05) is 39.9 Å². The molecule has 27 heavy (non-hydrogen) atoms. The van der Waals surface area contributed by atoms with E-state index in [-0.39, 0.29) is 30.8 Å². The number of piperidine rings is 1. The van der Waals surface area contributed by atoms with Crippen LogP contribution in [0, 0.1) is 5.92 Å². The summed E-state index contributed by atoms with van der Waals surface area (Å²) in [5, 5.41) is 12.1. The molecule has 148 valence electrons. The van der Waals surface area contributed by atoms with Crippen LogP contribution in [0.5, 0.6) is 5.75 Å². The zero-order chi connectivity index (χ0) is 19.2. The molecule has 2 fully saturated rings. The summed E-state index contributed by atoms with van der Waals surface area (Å²) in [6, 6.07) is 7.35. The van der Waals surface area contributed by atoms with Crippen molar-refractivity contribution < 1.29 is 19.4 Å². The summed E-state index contributed by atoms with van der Waals surface area (Å²) in [5.74, 6) is 1.01. The highest BCUT2D eigenvalue weighted by Gasteiger charge is 2.33. The van der Waals surface area contributed by atoms with Gasteiger partial charge in [0.2, 0.25) is 11.8 Å². The summed E-state index contributed by atoms with van der Waals surface area (Å²) in [6.07, 6.45) is 1.85. The molecule has 2 N–H and O–H groups in total.